The zero-order valence-corrected chi connectivity index (χ0v) is 21.2. The molecule has 9 nitrogen and oxygen atoms in total. The minimum absolute atomic E-state index is 0.0876. The highest BCUT2D eigenvalue weighted by molar-refractivity contribution is 5.95. The first-order chi connectivity index (χ1) is 18.1. The van der Waals surface area contributed by atoms with Gasteiger partial charge in [0.2, 0.25) is 12.7 Å². The molecule has 2 amide bonds. The number of nitrogens with zero attached hydrogens (tertiary/aromatic N) is 4. The number of imidazole rings is 1. The van der Waals surface area contributed by atoms with Crippen LogP contribution in [0.5, 0.6) is 11.5 Å². The number of aromatic nitrogens is 3. The maximum absolute atomic E-state index is 13.0. The number of rotatable bonds is 9. The highest BCUT2D eigenvalue weighted by Gasteiger charge is 2.28. The van der Waals surface area contributed by atoms with Gasteiger partial charge in [0.15, 0.2) is 11.5 Å². The fraction of sp³-hybridized carbons (Fsp3) is 0.429. The van der Waals surface area contributed by atoms with Crippen LogP contribution >= 0.6 is 0 Å². The molecular weight excluding hydrogens is 470 g/mol. The number of ether oxygens (including phenoxy) is 2. The molecule has 2 aliphatic rings. The van der Waals surface area contributed by atoms with E-state index >= 15 is 0 Å². The number of aryl methyl sites for hydroxylation is 3. The summed E-state index contributed by atoms with van der Waals surface area (Å²) in [6, 6.07) is 9.61. The van der Waals surface area contributed by atoms with Crippen LogP contribution in [0.2, 0.25) is 0 Å². The number of nitrogens with one attached hydrogen (secondary N) is 1. The highest BCUT2D eigenvalue weighted by Crippen LogP contribution is 2.33. The van der Waals surface area contributed by atoms with Gasteiger partial charge >= 0.3 is 0 Å². The molecule has 1 aromatic carbocycles. The van der Waals surface area contributed by atoms with Crippen molar-refractivity contribution >= 4 is 11.8 Å². The SMILES string of the molecule is Cc1ccc(C(=O)NCCCn2ccnc2)c(C2CCN(C(=O)CCc3ccc4c(c3)OCO4)CC2)n1. The number of likely N-dealkylation sites (tertiary alicyclic amines) is 1. The Kier molecular flexibility index (Phi) is 7.67. The van der Waals surface area contributed by atoms with Gasteiger partial charge in [-0.3, -0.25) is 14.6 Å². The fourth-order valence-corrected chi connectivity index (χ4v) is 4.97. The molecule has 0 saturated carbocycles. The lowest BCUT2D eigenvalue weighted by Crippen LogP contribution is -2.38. The normalized spacial score (nSPS) is 15.1. The zero-order chi connectivity index (χ0) is 25.6. The predicted molar refractivity (Wildman–Crippen MR) is 138 cm³/mol. The van der Waals surface area contributed by atoms with E-state index in [1.807, 2.05) is 52.9 Å². The molecule has 0 radical (unpaired) electrons. The standard InChI is InChI=1S/C28H33N5O4/c1-20-3-6-23(28(35)30-11-2-13-32-16-12-29-18-32)27(31-20)22-9-14-33(15-10-22)26(34)8-5-21-4-7-24-25(17-21)37-19-36-24/h3-4,6-7,12,16-18,22H,2,5,8-11,13-15,19H2,1H3,(H,30,35). The summed E-state index contributed by atoms with van der Waals surface area (Å²) in [5.74, 6) is 1.72. The van der Waals surface area contributed by atoms with Crippen molar-refractivity contribution in [3.8, 4) is 11.5 Å². The van der Waals surface area contributed by atoms with E-state index in [0.29, 0.717) is 38.0 Å². The van der Waals surface area contributed by atoms with Crippen LogP contribution in [0.4, 0.5) is 0 Å². The summed E-state index contributed by atoms with van der Waals surface area (Å²) in [7, 11) is 0. The Morgan fingerprint density at radius 1 is 1.11 bits per heavy atom. The van der Waals surface area contributed by atoms with Crippen LogP contribution in [0.15, 0.2) is 49.1 Å². The van der Waals surface area contributed by atoms with Crippen molar-refractivity contribution in [3.63, 3.8) is 0 Å². The van der Waals surface area contributed by atoms with E-state index in [-0.39, 0.29) is 24.5 Å². The molecule has 4 heterocycles. The molecule has 1 saturated heterocycles. The molecule has 3 aromatic rings. The van der Waals surface area contributed by atoms with Gasteiger partial charge in [-0.15, -0.1) is 0 Å². The Balaban J connectivity index is 1.12. The van der Waals surface area contributed by atoms with E-state index in [4.69, 9.17) is 14.5 Å². The maximum atomic E-state index is 13.0. The third-order valence-corrected chi connectivity index (χ3v) is 7.05. The Labute approximate surface area is 216 Å². The lowest BCUT2D eigenvalue weighted by molar-refractivity contribution is -0.132. The zero-order valence-electron chi connectivity index (χ0n) is 21.2. The Bertz CT molecular complexity index is 1240. The van der Waals surface area contributed by atoms with Crippen molar-refractivity contribution in [1.29, 1.82) is 0 Å². The number of carbonyl (C=O) groups excluding carboxylic acids is 2. The second kappa shape index (κ2) is 11.5. The van der Waals surface area contributed by atoms with Gasteiger partial charge in [0.05, 0.1) is 17.6 Å². The van der Waals surface area contributed by atoms with E-state index in [0.717, 1.165) is 54.3 Å². The number of benzene rings is 1. The topological polar surface area (TPSA) is 98.6 Å². The number of fused-ring (bicyclic) bond motifs is 1. The first-order valence-electron chi connectivity index (χ1n) is 12.9. The van der Waals surface area contributed by atoms with Crippen molar-refractivity contribution < 1.29 is 19.1 Å². The number of hydrogen-bond acceptors (Lipinski definition) is 6. The summed E-state index contributed by atoms with van der Waals surface area (Å²) >= 11 is 0. The quantitative estimate of drug-likeness (QED) is 0.449. The summed E-state index contributed by atoms with van der Waals surface area (Å²) < 4.78 is 12.8. The molecule has 9 heteroatoms. The monoisotopic (exact) mass is 503 g/mol. The number of piperidine rings is 1. The third kappa shape index (κ3) is 6.10. The molecule has 0 bridgehead atoms. The number of carbonyl (C=O) groups is 2. The molecule has 1 fully saturated rings. The second-order valence-electron chi connectivity index (χ2n) is 9.64. The Morgan fingerprint density at radius 2 is 1.95 bits per heavy atom. The van der Waals surface area contributed by atoms with Crippen LogP contribution in [-0.2, 0) is 17.8 Å². The van der Waals surface area contributed by atoms with Crippen LogP contribution in [0.25, 0.3) is 0 Å². The number of hydrogen-bond donors (Lipinski definition) is 1. The van der Waals surface area contributed by atoms with Gasteiger partial charge in [0.1, 0.15) is 0 Å². The fourth-order valence-electron chi connectivity index (χ4n) is 4.97. The molecule has 0 unspecified atom stereocenters. The summed E-state index contributed by atoms with van der Waals surface area (Å²) in [6.07, 6.45) is 8.99. The van der Waals surface area contributed by atoms with Crippen LogP contribution < -0.4 is 14.8 Å². The van der Waals surface area contributed by atoms with Crippen LogP contribution in [0, 0.1) is 6.92 Å². The van der Waals surface area contributed by atoms with Gasteiger partial charge in [0, 0.05) is 56.6 Å². The van der Waals surface area contributed by atoms with Crippen LogP contribution in [-0.4, -0.2) is 57.7 Å². The van der Waals surface area contributed by atoms with Crippen molar-refractivity contribution in [3.05, 3.63) is 71.6 Å². The lowest BCUT2D eigenvalue weighted by Gasteiger charge is -2.32. The van der Waals surface area contributed by atoms with Crippen molar-refractivity contribution in [2.24, 2.45) is 0 Å². The summed E-state index contributed by atoms with van der Waals surface area (Å²) in [5.41, 5.74) is 3.45. The third-order valence-electron chi connectivity index (χ3n) is 7.05. The largest absolute Gasteiger partial charge is 0.454 e. The van der Waals surface area contributed by atoms with Gasteiger partial charge in [-0.05, 0) is 62.4 Å². The average Bonchev–Trinajstić information content (AvgIpc) is 3.61. The van der Waals surface area contributed by atoms with Gasteiger partial charge in [-0.25, -0.2) is 4.98 Å². The molecular formula is C28H33N5O4. The van der Waals surface area contributed by atoms with E-state index in [1.54, 1.807) is 12.5 Å². The van der Waals surface area contributed by atoms with Crippen LogP contribution in [0.1, 0.15) is 58.9 Å². The molecule has 194 valence electrons. The van der Waals surface area contributed by atoms with Gasteiger partial charge in [0.25, 0.3) is 5.91 Å². The summed E-state index contributed by atoms with van der Waals surface area (Å²) in [6.45, 7) is 4.93. The second-order valence-corrected chi connectivity index (χ2v) is 9.64. The molecule has 37 heavy (non-hydrogen) atoms. The van der Waals surface area contributed by atoms with Crippen LogP contribution in [0.3, 0.4) is 0 Å². The Hall–Kier alpha value is -3.88. The van der Waals surface area contributed by atoms with Crippen molar-refractivity contribution in [2.75, 3.05) is 26.4 Å². The van der Waals surface area contributed by atoms with Gasteiger partial charge < -0.3 is 24.3 Å². The first kappa shape index (κ1) is 24.8. The minimum atomic E-state index is -0.0876. The predicted octanol–water partition coefficient (Wildman–Crippen LogP) is 3.47. The highest BCUT2D eigenvalue weighted by atomic mass is 16.7. The lowest BCUT2D eigenvalue weighted by atomic mass is 9.89. The van der Waals surface area contributed by atoms with E-state index in [9.17, 15) is 9.59 Å². The summed E-state index contributed by atoms with van der Waals surface area (Å²) in [4.78, 5) is 36.6. The molecule has 0 spiro atoms. The van der Waals surface area contributed by atoms with E-state index < -0.39 is 0 Å². The van der Waals surface area contributed by atoms with Crippen molar-refractivity contribution in [2.45, 2.75) is 51.5 Å². The molecule has 2 aromatic heterocycles. The smallest absolute Gasteiger partial charge is 0.253 e. The average molecular weight is 504 g/mol. The van der Waals surface area contributed by atoms with E-state index in [1.165, 1.54) is 0 Å². The number of pyridine rings is 1. The molecule has 1 N–H and O–H groups in total. The van der Waals surface area contributed by atoms with Gasteiger partial charge in [-0.2, -0.15) is 0 Å². The molecule has 2 aliphatic heterocycles. The maximum Gasteiger partial charge on any atom is 0.253 e. The minimum Gasteiger partial charge on any atom is -0.454 e. The Morgan fingerprint density at radius 3 is 2.76 bits per heavy atom. The van der Waals surface area contributed by atoms with E-state index in [2.05, 4.69) is 10.3 Å². The number of amides is 2. The molecule has 0 aliphatic carbocycles. The van der Waals surface area contributed by atoms with Crippen molar-refractivity contribution in [1.82, 2.24) is 24.8 Å². The van der Waals surface area contributed by atoms with Gasteiger partial charge in [-0.1, -0.05) is 6.07 Å². The molecule has 5 rings (SSSR count). The molecule has 0 atom stereocenters. The first-order valence-corrected chi connectivity index (χ1v) is 12.9. The summed E-state index contributed by atoms with van der Waals surface area (Å²) in [5, 5.41) is 3.04.